The number of rotatable bonds is 5. The summed E-state index contributed by atoms with van der Waals surface area (Å²) in [5, 5.41) is 3.73. The van der Waals surface area contributed by atoms with Crippen LogP contribution in [0.1, 0.15) is 42.1 Å². The van der Waals surface area contributed by atoms with Gasteiger partial charge in [0.15, 0.2) is 0 Å². The van der Waals surface area contributed by atoms with Crippen LogP contribution in [0.25, 0.3) is 0 Å². The van der Waals surface area contributed by atoms with E-state index < -0.39 is 0 Å². The summed E-state index contributed by atoms with van der Waals surface area (Å²) in [6, 6.07) is 18.5. The number of hydrogen-bond acceptors (Lipinski definition) is 1. The Labute approximate surface area is 128 Å². The molecule has 1 heteroatoms. The van der Waals surface area contributed by atoms with Crippen LogP contribution in [0, 0.1) is 5.92 Å². The van der Waals surface area contributed by atoms with E-state index >= 15 is 0 Å². The van der Waals surface area contributed by atoms with Gasteiger partial charge in [-0.25, -0.2) is 0 Å². The minimum absolute atomic E-state index is 0.467. The van der Waals surface area contributed by atoms with Crippen LogP contribution in [0.2, 0.25) is 0 Å². The van der Waals surface area contributed by atoms with E-state index in [1.165, 1.54) is 35.1 Å². The fourth-order valence-electron chi connectivity index (χ4n) is 3.61. The number of aryl methyl sites for hydroxylation is 1. The maximum Gasteiger partial charge on any atom is 0.0355 e. The van der Waals surface area contributed by atoms with Crippen LogP contribution in [-0.2, 0) is 19.3 Å². The van der Waals surface area contributed by atoms with E-state index in [1.807, 2.05) is 0 Å². The summed E-state index contributed by atoms with van der Waals surface area (Å²) in [6.07, 6.45) is 3.51. The first-order chi connectivity index (χ1) is 10.3. The van der Waals surface area contributed by atoms with Gasteiger partial charge in [-0.1, -0.05) is 62.4 Å². The Morgan fingerprint density at radius 2 is 1.71 bits per heavy atom. The Bertz CT molecular complexity index is 577. The van der Waals surface area contributed by atoms with E-state index in [0.29, 0.717) is 12.0 Å². The molecule has 110 valence electrons. The maximum atomic E-state index is 3.73. The van der Waals surface area contributed by atoms with Gasteiger partial charge in [0.2, 0.25) is 0 Å². The van der Waals surface area contributed by atoms with Crippen molar-refractivity contribution < 1.29 is 0 Å². The maximum absolute atomic E-state index is 3.73. The van der Waals surface area contributed by atoms with Gasteiger partial charge in [-0.3, -0.25) is 0 Å². The molecule has 0 heterocycles. The van der Waals surface area contributed by atoms with Gasteiger partial charge in [0.05, 0.1) is 0 Å². The Hall–Kier alpha value is -1.60. The highest BCUT2D eigenvalue weighted by atomic mass is 14.9. The second-order valence-corrected chi connectivity index (χ2v) is 6.07. The van der Waals surface area contributed by atoms with Gasteiger partial charge in [-0.15, -0.1) is 0 Å². The fraction of sp³-hybridized carbons (Fsp3) is 0.400. The highest BCUT2D eigenvalue weighted by Crippen LogP contribution is 2.35. The van der Waals surface area contributed by atoms with Crippen molar-refractivity contribution in [2.75, 3.05) is 6.54 Å². The predicted octanol–water partition coefficient (Wildman–Crippen LogP) is 4.31. The molecular weight excluding hydrogens is 254 g/mol. The standard InChI is InChI=1S/C20H25N/c1-3-15-8-7-11-18(12-15)20(21-4-2)19-13-16-9-5-6-10-17(16)14-19/h5-12,19-21H,3-4,13-14H2,1-2H3. The van der Waals surface area contributed by atoms with Crippen molar-refractivity contribution in [3.8, 4) is 0 Å². The lowest BCUT2D eigenvalue weighted by molar-refractivity contribution is 0.380. The first-order valence-electron chi connectivity index (χ1n) is 8.20. The molecule has 0 amide bonds. The molecule has 2 aromatic rings. The minimum Gasteiger partial charge on any atom is -0.310 e. The van der Waals surface area contributed by atoms with Crippen LogP contribution in [0.3, 0.4) is 0 Å². The zero-order valence-corrected chi connectivity index (χ0v) is 13.1. The number of benzene rings is 2. The molecule has 0 radical (unpaired) electrons. The topological polar surface area (TPSA) is 12.0 Å². The van der Waals surface area contributed by atoms with Crippen molar-refractivity contribution in [2.24, 2.45) is 5.92 Å². The molecule has 1 unspecified atom stereocenters. The van der Waals surface area contributed by atoms with E-state index in [1.54, 1.807) is 0 Å². The zero-order chi connectivity index (χ0) is 14.7. The van der Waals surface area contributed by atoms with Gasteiger partial charge < -0.3 is 5.32 Å². The van der Waals surface area contributed by atoms with Crippen molar-refractivity contribution in [1.82, 2.24) is 5.32 Å². The molecule has 0 spiro atoms. The lowest BCUT2D eigenvalue weighted by atomic mass is 9.89. The van der Waals surface area contributed by atoms with Gasteiger partial charge in [-0.2, -0.15) is 0 Å². The summed E-state index contributed by atoms with van der Waals surface area (Å²) < 4.78 is 0. The average Bonchev–Trinajstić information content (AvgIpc) is 2.96. The van der Waals surface area contributed by atoms with E-state index in [0.717, 1.165) is 13.0 Å². The van der Waals surface area contributed by atoms with Crippen LogP contribution in [0.4, 0.5) is 0 Å². The SMILES string of the molecule is CCNC(c1cccc(CC)c1)C1Cc2ccccc2C1. The zero-order valence-electron chi connectivity index (χ0n) is 13.1. The second kappa shape index (κ2) is 6.44. The van der Waals surface area contributed by atoms with Gasteiger partial charge in [-0.05, 0) is 54.0 Å². The van der Waals surface area contributed by atoms with E-state index in [-0.39, 0.29) is 0 Å². The summed E-state index contributed by atoms with van der Waals surface area (Å²) in [5.41, 5.74) is 5.97. The molecule has 3 rings (SSSR count). The minimum atomic E-state index is 0.467. The molecule has 1 atom stereocenters. The lowest BCUT2D eigenvalue weighted by Gasteiger charge is -2.25. The van der Waals surface area contributed by atoms with Gasteiger partial charge >= 0.3 is 0 Å². The molecule has 0 aliphatic heterocycles. The molecule has 0 saturated heterocycles. The highest BCUT2D eigenvalue weighted by Gasteiger charge is 2.29. The normalized spacial score (nSPS) is 15.9. The largest absolute Gasteiger partial charge is 0.310 e. The van der Waals surface area contributed by atoms with Crippen molar-refractivity contribution in [3.05, 3.63) is 70.8 Å². The summed E-state index contributed by atoms with van der Waals surface area (Å²) in [4.78, 5) is 0. The molecule has 0 saturated carbocycles. The second-order valence-electron chi connectivity index (χ2n) is 6.07. The van der Waals surface area contributed by atoms with E-state index in [9.17, 15) is 0 Å². The average molecular weight is 279 g/mol. The van der Waals surface area contributed by atoms with Crippen molar-refractivity contribution >= 4 is 0 Å². The van der Waals surface area contributed by atoms with Gasteiger partial charge in [0.1, 0.15) is 0 Å². The molecule has 1 N–H and O–H groups in total. The quantitative estimate of drug-likeness (QED) is 0.859. The first kappa shape index (κ1) is 14.3. The summed E-state index contributed by atoms with van der Waals surface area (Å²) in [7, 11) is 0. The van der Waals surface area contributed by atoms with Crippen LogP contribution >= 0.6 is 0 Å². The molecule has 1 nitrogen and oxygen atoms in total. The molecule has 21 heavy (non-hydrogen) atoms. The monoisotopic (exact) mass is 279 g/mol. The van der Waals surface area contributed by atoms with Gasteiger partial charge in [0.25, 0.3) is 0 Å². The summed E-state index contributed by atoms with van der Waals surface area (Å²) in [5.74, 6) is 0.675. The lowest BCUT2D eigenvalue weighted by Crippen LogP contribution is -2.28. The molecule has 0 bridgehead atoms. The summed E-state index contributed by atoms with van der Waals surface area (Å²) >= 11 is 0. The Balaban J connectivity index is 1.85. The fourth-order valence-corrected chi connectivity index (χ4v) is 3.61. The van der Waals surface area contributed by atoms with Crippen LogP contribution < -0.4 is 5.32 Å². The Kier molecular flexibility index (Phi) is 4.40. The predicted molar refractivity (Wildman–Crippen MR) is 89.6 cm³/mol. The third kappa shape index (κ3) is 3.03. The number of nitrogens with one attached hydrogen (secondary N) is 1. The smallest absolute Gasteiger partial charge is 0.0355 e. The van der Waals surface area contributed by atoms with Crippen LogP contribution in [0.5, 0.6) is 0 Å². The molecule has 2 aromatic carbocycles. The Morgan fingerprint density at radius 3 is 2.33 bits per heavy atom. The van der Waals surface area contributed by atoms with Gasteiger partial charge in [0, 0.05) is 6.04 Å². The molecular formula is C20H25N. The third-order valence-corrected chi connectivity index (χ3v) is 4.70. The number of fused-ring (bicyclic) bond motifs is 1. The molecule has 1 aliphatic rings. The van der Waals surface area contributed by atoms with Crippen molar-refractivity contribution in [1.29, 1.82) is 0 Å². The van der Waals surface area contributed by atoms with Crippen molar-refractivity contribution in [3.63, 3.8) is 0 Å². The first-order valence-corrected chi connectivity index (χ1v) is 8.20. The van der Waals surface area contributed by atoms with E-state index in [2.05, 4.69) is 67.7 Å². The van der Waals surface area contributed by atoms with Crippen LogP contribution in [0.15, 0.2) is 48.5 Å². The molecule has 1 aliphatic carbocycles. The van der Waals surface area contributed by atoms with Crippen LogP contribution in [-0.4, -0.2) is 6.54 Å². The summed E-state index contributed by atoms with van der Waals surface area (Å²) in [6.45, 7) is 5.46. The van der Waals surface area contributed by atoms with E-state index in [4.69, 9.17) is 0 Å². The Morgan fingerprint density at radius 1 is 1.00 bits per heavy atom. The highest BCUT2D eigenvalue weighted by molar-refractivity contribution is 5.35. The molecule has 0 fully saturated rings. The molecule has 0 aromatic heterocycles. The third-order valence-electron chi connectivity index (χ3n) is 4.70. The van der Waals surface area contributed by atoms with Crippen molar-refractivity contribution in [2.45, 2.75) is 39.2 Å². The number of hydrogen-bond donors (Lipinski definition) is 1.